The molecular weight excluding hydrogens is 434 g/mol. The first kappa shape index (κ1) is 21.7. The van der Waals surface area contributed by atoms with Crippen LogP contribution in [0.4, 0.5) is 0 Å². The van der Waals surface area contributed by atoms with Gasteiger partial charge in [0.2, 0.25) is 10.0 Å². The van der Waals surface area contributed by atoms with Gasteiger partial charge in [0.1, 0.15) is 0 Å². The van der Waals surface area contributed by atoms with Crippen molar-refractivity contribution in [2.45, 2.75) is 30.7 Å². The Kier molecular flexibility index (Phi) is 5.91. The van der Waals surface area contributed by atoms with Crippen LogP contribution < -0.4 is 0 Å². The molecular formula is C26H25N3O3S. The van der Waals surface area contributed by atoms with Gasteiger partial charge in [-0.1, -0.05) is 30.3 Å². The molecule has 1 atom stereocenters. The fourth-order valence-corrected chi connectivity index (χ4v) is 6.22. The standard InChI is InChI=1S/C26H25N3O3S/c30-25(15-19-5-4-14-29(18-19)33(31,32)23-6-2-1-3-7-23)21-8-9-22-17-28-26(24(22)16-21)20-10-12-27-13-11-20/h1-3,6-13,16,19H,4-5,14-15,17-18H2/t19-/m0/s1. The smallest absolute Gasteiger partial charge is 0.243 e. The minimum atomic E-state index is -3.54. The van der Waals surface area contributed by atoms with Gasteiger partial charge in [-0.05, 0) is 54.7 Å². The highest BCUT2D eigenvalue weighted by Crippen LogP contribution is 2.28. The van der Waals surface area contributed by atoms with Gasteiger partial charge in [0.05, 0.1) is 17.2 Å². The van der Waals surface area contributed by atoms with Crippen LogP contribution in [0.3, 0.4) is 0 Å². The summed E-state index contributed by atoms with van der Waals surface area (Å²) in [5.74, 6) is 0.0501. The Morgan fingerprint density at radius 2 is 1.82 bits per heavy atom. The summed E-state index contributed by atoms with van der Waals surface area (Å²) in [7, 11) is -3.54. The van der Waals surface area contributed by atoms with E-state index >= 15 is 0 Å². The van der Waals surface area contributed by atoms with Gasteiger partial charge in [-0.25, -0.2) is 8.42 Å². The number of carbonyl (C=O) groups excluding carboxylic acids is 1. The number of rotatable bonds is 6. The van der Waals surface area contributed by atoms with Gasteiger partial charge in [-0.2, -0.15) is 4.31 Å². The molecule has 0 radical (unpaired) electrons. The number of benzene rings is 2. The van der Waals surface area contributed by atoms with Crippen LogP contribution in [0.15, 0.2) is 82.9 Å². The third-order valence-electron chi connectivity index (χ3n) is 6.39. The zero-order valence-corrected chi connectivity index (χ0v) is 19.0. The van der Waals surface area contributed by atoms with Gasteiger partial charge in [0.15, 0.2) is 5.78 Å². The third kappa shape index (κ3) is 4.38. The second-order valence-corrected chi connectivity index (χ2v) is 10.5. The first-order chi connectivity index (χ1) is 16.0. The van der Waals surface area contributed by atoms with Crippen LogP contribution in [0, 0.1) is 5.92 Å². The number of fused-ring (bicyclic) bond motifs is 1. The topological polar surface area (TPSA) is 79.7 Å². The number of carbonyl (C=O) groups is 1. The highest BCUT2D eigenvalue weighted by Gasteiger charge is 2.31. The Bertz CT molecular complexity index is 1310. The summed E-state index contributed by atoms with van der Waals surface area (Å²) in [5, 5.41) is 0. The fourth-order valence-electron chi connectivity index (χ4n) is 4.65. The quantitative estimate of drug-likeness (QED) is 0.520. The first-order valence-electron chi connectivity index (χ1n) is 11.2. The lowest BCUT2D eigenvalue weighted by atomic mass is 9.90. The van der Waals surface area contributed by atoms with Gasteiger partial charge in [-0.3, -0.25) is 14.8 Å². The normalized spacial score (nSPS) is 18.5. The molecule has 33 heavy (non-hydrogen) atoms. The van der Waals surface area contributed by atoms with E-state index in [9.17, 15) is 13.2 Å². The van der Waals surface area contributed by atoms with Crippen LogP contribution in [-0.4, -0.2) is 42.3 Å². The predicted octanol–water partition coefficient (Wildman–Crippen LogP) is 4.11. The molecule has 2 aromatic carbocycles. The number of piperidine rings is 1. The molecule has 2 aliphatic heterocycles. The summed E-state index contributed by atoms with van der Waals surface area (Å²) in [6, 6.07) is 18.1. The molecule has 168 valence electrons. The molecule has 1 saturated heterocycles. The molecule has 1 aromatic heterocycles. The Morgan fingerprint density at radius 3 is 2.61 bits per heavy atom. The SMILES string of the molecule is O=C(C[C@@H]1CCCN(S(=O)(=O)c2ccccc2)C1)c1ccc2c(c1)C(c1ccncc1)=NC2. The lowest BCUT2D eigenvalue weighted by Gasteiger charge is -2.31. The molecule has 3 heterocycles. The molecule has 0 unspecified atom stereocenters. The van der Waals surface area contributed by atoms with Crippen LogP contribution in [0.25, 0.3) is 0 Å². The molecule has 5 rings (SSSR count). The predicted molar refractivity (Wildman–Crippen MR) is 127 cm³/mol. The lowest BCUT2D eigenvalue weighted by Crippen LogP contribution is -2.40. The van der Waals surface area contributed by atoms with Gasteiger partial charge in [0.25, 0.3) is 0 Å². The second kappa shape index (κ2) is 9.00. The molecule has 0 aliphatic carbocycles. The molecule has 3 aromatic rings. The number of sulfonamides is 1. The zero-order chi connectivity index (χ0) is 22.8. The molecule has 1 fully saturated rings. The van der Waals surface area contributed by atoms with E-state index in [1.165, 1.54) is 4.31 Å². The van der Waals surface area contributed by atoms with Crippen molar-refractivity contribution in [1.29, 1.82) is 0 Å². The molecule has 6 nitrogen and oxygen atoms in total. The molecule has 0 N–H and O–H groups in total. The second-order valence-electron chi connectivity index (χ2n) is 8.58. The average molecular weight is 460 g/mol. The van der Waals surface area contributed by atoms with E-state index < -0.39 is 10.0 Å². The van der Waals surface area contributed by atoms with Crippen LogP contribution >= 0.6 is 0 Å². The zero-order valence-electron chi connectivity index (χ0n) is 18.2. The minimum Gasteiger partial charge on any atom is -0.294 e. The first-order valence-corrected chi connectivity index (χ1v) is 12.6. The van der Waals surface area contributed by atoms with Crippen molar-refractivity contribution in [3.05, 3.63) is 95.3 Å². The van der Waals surface area contributed by atoms with E-state index in [1.807, 2.05) is 30.3 Å². The van der Waals surface area contributed by atoms with Crippen LogP contribution in [-0.2, 0) is 16.6 Å². The number of Topliss-reactive ketones (excluding diaryl/α,β-unsaturated/α-hetero) is 1. The van der Waals surface area contributed by atoms with Gasteiger partial charge >= 0.3 is 0 Å². The number of nitrogens with zero attached hydrogens (tertiary/aromatic N) is 3. The monoisotopic (exact) mass is 459 g/mol. The molecule has 0 amide bonds. The van der Waals surface area contributed by atoms with Crippen LogP contribution in [0.2, 0.25) is 0 Å². The summed E-state index contributed by atoms with van der Waals surface area (Å²) in [6.07, 6.45) is 5.42. The third-order valence-corrected chi connectivity index (χ3v) is 8.26. The molecule has 0 saturated carbocycles. The van der Waals surface area contributed by atoms with Crippen molar-refractivity contribution in [3.8, 4) is 0 Å². The number of pyridine rings is 1. The van der Waals surface area contributed by atoms with Gasteiger partial charge in [-0.15, -0.1) is 0 Å². The molecule has 0 spiro atoms. The number of aromatic nitrogens is 1. The van der Waals surface area contributed by atoms with E-state index in [-0.39, 0.29) is 11.7 Å². The van der Waals surface area contributed by atoms with Crippen molar-refractivity contribution in [3.63, 3.8) is 0 Å². The number of aliphatic imine (C=N–C) groups is 1. The van der Waals surface area contributed by atoms with E-state index in [0.717, 1.165) is 35.2 Å². The number of hydrogen-bond donors (Lipinski definition) is 0. The van der Waals surface area contributed by atoms with E-state index in [0.29, 0.717) is 36.5 Å². The average Bonchev–Trinajstić information content (AvgIpc) is 3.28. The number of ketones is 1. The van der Waals surface area contributed by atoms with E-state index in [2.05, 4.69) is 9.98 Å². The van der Waals surface area contributed by atoms with E-state index in [4.69, 9.17) is 0 Å². The summed E-state index contributed by atoms with van der Waals surface area (Å²) >= 11 is 0. The maximum absolute atomic E-state index is 13.2. The maximum Gasteiger partial charge on any atom is 0.243 e. The van der Waals surface area contributed by atoms with Crippen molar-refractivity contribution >= 4 is 21.5 Å². The van der Waals surface area contributed by atoms with Crippen molar-refractivity contribution in [2.24, 2.45) is 10.9 Å². The molecule has 0 bridgehead atoms. The Balaban J connectivity index is 1.31. The van der Waals surface area contributed by atoms with Crippen molar-refractivity contribution < 1.29 is 13.2 Å². The maximum atomic E-state index is 13.2. The van der Waals surface area contributed by atoms with E-state index in [1.54, 1.807) is 42.7 Å². The minimum absolute atomic E-state index is 0.00586. The summed E-state index contributed by atoms with van der Waals surface area (Å²) in [6.45, 7) is 1.47. The van der Waals surface area contributed by atoms with Gasteiger partial charge in [0, 0.05) is 48.6 Å². The van der Waals surface area contributed by atoms with Crippen LogP contribution in [0.1, 0.15) is 46.3 Å². The largest absolute Gasteiger partial charge is 0.294 e. The summed E-state index contributed by atoms with van der Waals surface area (Å²) in [5.41, 5.74) is 4.63. The fraction of sp³-hybridized carbons (Fsp3) is 0.269. The Hall–Kier alpha value is -3.16. The van der Waals surface area contributed by atoms with Crippen molar-refractivity contribution in [2.75, 3.05) is 13.1 Å². The summed E-state index contributed by atoms with van der Waals surface area (Å²) in [4.78, 5) is 22.2. The highest BCUT2D eigenvalue weighted by atomic mass is 32.2. The molecule has 7 heteroatoms. The Labute approximate surface area is 194 Å². The van der Waals surface area contributed by atoms with Gasteiger partial charge < -0.3 is 0 Å². The Morgan fingerprint density at radius 1 is 1.03 bits per heavy atom. The van der Waals surface area contributed by atoms with Crippen LogP contribution in [0.5, 0.6) is 0 Å². The number of hydrogen-bond acceptors (Lipinski definition) is 5. The summed E-state index contributed by atoms with van der Waals surface area (Å²) < 4.78 is 27.5. The van der Waals surface area contributed by atoms with Crippen molar-refractivity contribution in [1.82, 2.24) is 9.29 Å². The lowest BCUT2D eigenvalue weighted by molar-refractivity contribution is 0.0942. The molecule has 2 aliphatic rings. The highest BCUT2D eigenvalue weighted by molar-refractivity contribution is 7.89.